The summed E-state index contributed by atoms with van der Waals surface area (Å²) in [5, 5.41) is 9.65. The highest BCUT2D eigenvalue weighted by atomic mass is 79.9. The van der Waals surface area contributed by atoms with Crippen molar-refractivity contribution in [1.82, 2.24) is 4.90 Å². The van der Waals surface area contributed by atoms with Gasteiger partial charge in [-0.3, -0.25) is 9.69 Å². The molecule has 0 bridgehead atoms. The van der Waals surface area contributed by atoms with Gasteiger partial charge >= 0.3 is 5.97 Å². The first-order valence-electron chi connectivity index (χ1n) is 5.33. The number of carboxylic acid groups (broad SMARTS) is 1. The lowest BCUT2D eigenvalue weighted by molar-refractivity contribution is -0.138. The van der Waals surface area contributed by atoms with Crippen molar-refractivity contribution in [3.63, 3.8) is 0 Å². The molecule has 1 aromatic rings. The molecular formula is C11H16BrNO3S. The van der Waals surface area contributed by atoms with E-state index in [1.807, 2.05) is 17.9 Å². The first kappa shape index (κ1) is 14.5. The number of ether oxygens (including phenoxy) is 1. The van der Waals surface area contributed by atoms with E-state index in [-0.39, 0.29) is 6.54 Å². The van der Waals surface area contributed by atoms with Crippen LogP contribution in [0.2, 0.25) is 0 Å². The number of carboxylic acids is 1. The molecule has 0 spiro atoms. The molecule has 0 aromatic carbocycles. The summed E-state index contributed by atoms with van der Waals surface area (Å²) in [7, 11) is 1.63. The summed E-state index contributed by atoms with van der Waals surface area (Å²) in [6.45, 7) is 3.54. The fraction of sp³-hybridized carbons (Fsp3) is 0.545. The van der Waals surface area contributed by atoms with Crippen LogP contribution in [0, 0.1) is 0 Å². The average Bonchev–Trinajstić information content (AvgIpc) is 2.58. The molecule has 0 fully saturated rings. The van der Waals surface area contributed by atoms with E-state index in [1.54, 1.807) is 7.11 Å². The normalized spacial score (nSPS) is 10.8. The van der Waals surface area contributed by atoms with Crippen molar-refractivity contribution < 1.29 is 14.6 Å². The van der Waals surface area contributed by atoms with E-state index in [1.165, 1.54) is 11.3 Å². The number of aliphatic carboxylic acids is 1. The Bertz CT molecular complexity index is 381. The van der Waals surface area contributed by atoms with Crippen LogP contribution in [0.3, 0.4) is 0 Å². The van der Waals surface area contributed by atoms with Gasteiger partial charge in [0.15, 0.2) is 5.06 Å². The molecule has 0 radical (unpaired) electrons. The van der Waals surface area contributed by atoms with Crippen LogP contribution in [-0.2, 0) is 11.3 Å². The first-order valence-corrected chi connectivity index (χ1v) is 6.94. The maximum Gasteiger partial charge on any atom is 0.317 e. The van der Waals surface area contributed by atoms with E-state index in [4.69, 9.17) is 9.84 Å². The molecule has 1 N–H and O–H groups in total. The van der Waals surface area contributed by atoms with E-state index in [2.05, 4.69) is 15.9 Å². The SMILES string of the molecule is CCCN(CC(=O)O)Cc1cc(Br)c(OC)s1. The van der Waals surface area contributed by atoms with Gasteiger partial charge < -0.3 is 9.84 Å². The van der Waals surface area contributed by atoms with Crippen LogP contribution in [0.25, 0.3) is 0 Å². The van der Waals surface area contributed by atoms with Gasteiger partial charge in [-0.2, -0.15) is 0 Å². The smallest absolute Gasteiger partial charge is 0.317 e. The number of hydrogen-bond donors (Lipinski definition) is 1. The van der Waals surface area contributed by atoms with Crippen LogP contribution in [0.15, 0.2) is 10.5 Å². The number of thiophene rings is 1. The molecule has 6 heteroatoms. The third kappa shape index (κ3) is 4.65. The Balaban J connectivity index is 2.67. The van der Waals surface area contributed by atoms with Crippen molar-refractivity contribution in [3.8, 4) is 5.06 Å². The largest absolute Gasteiger partial charge is 0.486 e. The lowest BCUT2D eigenvalue weighted by Crippen LogP contribution is -2.29. The van der Waals surface area contributed by atoms with Gasteiger partial charge in [-0.05, 0) is 35.0 Å². The lowest BCUT2D eigenvalue weighted by Gasteiger charge is -2.18. The summed E-state index contributed by atoms with van der Waals surface area (Å²) in [6, 6.07) is 1.98. The summed E-state index contributed by atoms with van der Waals surface area (Å²) in [6.07, 6.45) is 0.941. The number of rotatable bonds is 7. The Morgan fingerprint density at radius 3 is 2.82 bits per heavy atom. The van der Waals surface area contributed by atoms with Gasteiger partial charge in [-0.1, -0.05) is 6.92 Å². The molecule has 0 aliphatic heterocycles. The Hall–Kier alpha value is -0.590. The molecule has 0 unspecified atom stereocenters. The number of nitrogens with zero attached hydrogens (tertiary/aromatic N) is 1. The molecule has 17 heavy (non-hydrogen) atoms. The molecule has 0 saturated carbocycles. The van der Waals surface area contributed by atoms with Gasteiger partial charge in [0.05, 0.1) is 18.1 Å². The molecule has 96 valence electrons. The maximum absolute atomic E-state index is 10.7. The maximum atomic E-state index is 10.7. The highest BCUT2D eigenvalue weighted by molar-refractivity contribution is 9.10. The van der Waals surface area contributed by atoms with Crippen LogP contribution in [0.1, 0.15) is 18.2 Å². The van der Waals surface area contributed by atoms with Gasteiger partial charge in [-0.15, -0.1) is 11.3 Å². The van der Waals surface area contributed by atoms with Crippen LogP contribution in [0.5, 0.6) is 5.06 Å². The predicted octanol–water partition coefficient (Wildman–Crippen LogP) is 2.82. The summed E-state index contributed by atoms with van der Waals surface area (Å²) in [5.74, 6) is -0.791. The van der Waals surface area contributed by atoms with Crippen LogP contribution in [-0.4, -0.2) is 36.2 Å². The molecule has 1 heterocycles. The standard InChI is InChI=1S/C11H16BrNO3S/c1-3-4-13(7-10(14)15)6-8-5-9(12)11(16-2)17-8/h5H,3-4,6-7H2,1-2H3,(H,14,15). The predicted molar refractivity (Wildman–Crippen MR) is 71.8 cm³/mol. The van der Waals surface area contributed by atoms with Crippen molar-refractivity contribution in [3.05, 3.63) is 15.4 Å². The minimum absolute atomic E-state index is 0.0751. The van der Waals surface area contributed by atoms with Gasteiger partial charge in [0, 0.05) is 11.4 Å². The van der Waals surface area contributed by atoms with Crippen molar-refractivity contribution >= 4 is 33.2 Å². The second kappa shape index (κ2) is 6.98. The summed E-state index contributed by atoms with van der Waals surface area (Å²) in [4.78, 5) is 13.7. The van der Waals surface area contributed by atoms with Crippen molar-refractivity contribution in [1.29, 1.82) is 0 Å². The molecule has 1 rings (SSSR count). The van der Waals surface area contributed by atoms with E-state index in [9.17, 15) is 4.79 Å². The number of hydrogen-bond acceptors (Lipinski definition) is 4. The zero-order valence-electron chi connectivity index (χ0n) is 9.90. The fourth-order valence-corrected chi connectivity index (χ4v) is 3.29. The number of methoxy groups -OCH3 is 1. The van der Waals surface area contributed by atoms with Crippen molar-refractivity contribution in [2.75, 3.05) is 20.2 Å². The summed E-state index contributed by atoms with van der Waals surface area (Å²) < 4.78 is 6.11. The van der Waals surface area contributed by atoms with Gasteiger partial charge in [-0.25, -0.2) is 0 Å². The third-order valence-electron chi connectivity index (χ3n) is 2.17. The second-order valence-electron chi connectivity index (χ2n) is 3.66. The molecule has 0 saturated heterocycles. The van der Waals surface area contributed by atoms with Gasteiger partial charge in [0.2, 0.25) is 0 Å². The van der Waals surface area contributed by atoms with Crippen molar-refractivity contribution in [2.24, 2.45) is 0 Å². The topological polar surface area (TPSA) is 49.8 Å². The Morgan fingerprint density at radius 2 is 2.35 bits per heavy atom. The van der Waals surface area contributed by atoms with E-state index < -0.39 is 5.97 Å². The molecule has 4 nitrogen and oxygen atoms in total. The Kier molecular flexibility index (Phi) is 5.94. The average molecular weight is 322 g/mol. The Labute approximate surface area is 113 Å². The summed E-state index contributed by atoms with van der Waals surface area (Å²) in [5.41, 5.74) is 0. The molecule has 1 aromatic heterocycles. The van der Waals surface area contributed by atoms with Crippen molar-refractivity contribution in [2.45, 2.75) is 19.9 Å². The van der Waals surface area contributed by atoms with Gasteiger partial charge in [0.25, 0.3) is 0 Å². The minimum atomic E-state index is -0.791. The van der Waals surface area contributed by atoms with Gasteiger partial charge in [0.1, 0.15) is 0 Å². The van der Waals surface area contributed by atoms with E-state index >= 15 is 0 Å². The first-order chi connectivity index (χ1) is 8.06. The second-order valence-corrected chi connectivity index (χ2v) is 5.61. The van der Waals surface area contributed by atoms with Crippen LogP contribution >= 0.6 is 27.3 Å². The van der Waals surface area contributed by atoms with Crippen LogP contribution in [0.4, 0.5) is 0 Å². The minimum Gasteiger partial charge on any atom is -0.486 e. The quantitative estimate of drug-likeness (QED) is 0.839. The monoisotopic (exact) mass is 321 g/mol. The third-order valence-corrected chi connectivity index (χ3v) is 4.10. The van der Waals surface area contributed by atoms with Crippen LogP contribution < -0.4 is 4.74 Å². The van der Waals surface area contributed by atoms with E-state index in [0.717, 1.165) is 27.4 Å². The zero-order valence-corrected chi connectivity index (χ0v) is 12.3. The molecule has 0 aliphatic carbocycles. The Morgan fingerprint density at radius 1 is 1.65 bits per heavy atom. The molecule has 0 atom stereocenters. The molecule has 0 aliphatic rings. The highest BCUT2D eigenvalue weighted by Gasteiger charge is 2.13. The molecular weight excluding hydrogens is 306 g/mol. The number of carbonyl (C=O) groups is 1. The fourth-order valence-electron chi connectivity index (χ4n) is 1.56. The number of halogens is 1. The highest BCUT2D eigenvalue weighted by Crippen LogP contribution is 2.35. The lowest BCUT2D eigenvalue weighted by atomic mass is 10.3. The molecule has 0 amide bonds. The zero-order chi connectivity index (χ0) is 12.8. The van der Waals surface area contributed by atoms with E-state index in [0.29, 0.717) is 6.54 Å². The summed E-state index contributed by atoms with van der Waals surface area (Å²) >= 11 is 4.94.